The molecule has 1 amide bonds. The fourth-order valence-electron chi connectivity index (χ4n) is 2.16. The molecule has 1 aliphatic carbocycles. The van der Waals surface area contributed by atoms with Crippen LogP contribution in [0.25, 0.3) is 0 Å². The van der Waals surface area contributed by atoms with Gasteiger partial charge in [-0.15, -0.1) is 5.10 Å². The molecule has 1 aromatic heterocycles. The largest absolute Gasteiger partial charge is 0.376 e. The summed E-state index contributed by atoms with van der Waals surface area (Å²) in [7, 11) is 0. The molecule has 0 atom stereocenters. The highest BCUT2D eigenvalue weighted by atomic mass is 16.5. The van der Waals surface area contributed by atoms with Crippen LogP contribution in [-0.4, -0.2) is 40.3 Å². The van der Waals surface area contributed by atoms with Crippen molar-refractivity contribution in [1.29, 1.82) is 0 Å². The summed E-state index contributed by atoms with van der Waals surface area (Å²) in [4.78, 5) is 15.9. The van der Waals surface area contributed by atoms with Gasteiger partial charge < -0.3 is 10.1 Å². The average molecular weight is 266 g/mol. The van der Waals surface area contributed by atoms with E-state index in [0.717, 1.165) is 18.7 Å². The Bertz CT molecular complexity index is 411. The van der Waals surface area contributed by atoms with E-state index in [2.05, 4.69) is 20.5 Å². The number of nitrogens with zero attached hydrogens (tertiary/aromatic N) is 2. The fraction of sp³-hybridized carbons (Fsp3) is 0.769. The van der Waals surface area contributed by atoms with Crippen LogP contribution in [0.15, 0.2) is 0 Å². The van der Waals surface area contributed by atoms with Crippen LogP contribution in [-0.2, 0) is 4.74 Å². The van der Waals surface area contributed by atoms with Crippen molar-refractivity contribution in [2.75, 3.05) is 13.2 Å². The molecular weight excluding hydrogens is 244 g/mol. The summed E-state index contributed by atoms with van der Waals surface area (Å²) >= 11 is 0. The Labute approximate surface area is 113 Å². The summed E-state index contributed by atoms with van der Waals surface area (Å²) in [6.45, 7) is 5.05. The molecule has 1 aromatic rings. The number of ether oxygens (including phenoxy) is 1. The zero-order valence-corrected chi connectivity index (χ0v) is 11.6. The Hall–Kier alpha value is -1.43. The Balaban J connectivity index is 1.68. The number of nitrogens with one attached hydrogen (secondary N) is 2. The highest BCUT2D eigenvalue weighted by molar-refractivity contribution is 5.90. The molecule has 6 nitrogen and oxygen atoms in total. The van der Waals surface area contributed by atoms with E-state index in [-0.39, 0.29) is 17.6 Å². The lowest BCUT2D eigenvalue weighted by atomic mass is 10.2. The van der Waals surface area contributed by atoms with Gasteiger partial charge in [0.05, 0.1) is 12.7 Å². The SMILES string of the molecule is CC(C)c1nc(C(=O)NCCOC2CCCC2)n[nH]1. The third-order valence-electron chi connectivity index (χ3n) is 3.30. The number of rotatable bonds is 6. The third-order valence-corrected chi connectivity index (χ3v) is 3.30. The first-order valence-corrected chi connectivity index (χ1v) is 6.99. The molecule has 0 saturated heterocycles. The maximum Gasteiger partial charge on any atom is 0.291 e. The van der Waals surface area contributed by atoms with Crippen molar-refractivity contribution in [2.24, 2.45) is 0 Å². The molecule has 1 aliphatic rings. The second kappa shape index (κ2) is 6.65. The van der Waals surface area contributed by atoms with Crippen LogP contribution in [0.3, 0.4) is 0 Å². The molecule has 1 heterocycles. The Morgan fingerprint density at radius 3 is 2.84 bits per heavy atom. The first kappa shape index (κ1) is 14.0. The van der Waals surface area contributed by atoms with E-state index < -0.39 is 0 Å². The fourth-order valence-corrected chi connectivity index (χ4v) is 2.16. The van der Waals surface area contributed by atoms with E-state index in [1.54, 1.807) is 0 Å². The van der Waals surface area contributed by atoms with Crippen molar-refractivity contribution in [3.63, 3.8) is 0 Å². The van der Waals surface area contributed by atoms with Crippen LogP contribution in [0, 0.1) is 0 Å². The van der Waals surface area contributed by atoms with Gasteiger partial charge in [-0.25, -0.2) is 4.98 Å². The van der Waals surface area contributed by atoms with Crippen LogP contribution < -0.4 is 5.32 Å². The predicted molar refractivity (Wildman–Crippen MR) is 71.0 cm³/mol. The van der Waals surface area contributed by atoms with Gasteiger partial charge in [-0.3, -0.25) is 9.89 Å². The van der Waals surface area contributed by atoms with Gasteiger partial charge in [-0.2, -0.15) is 0 Å². The molecule has 2 rings (SSSR count). The molecule has 0 bridgehead atoms. The predicted octanol–water partition coefficient (Wildman–Crippen LogP) is 1.62. The topological polar surface area (TPSA) is 79.9 Å². The number of aromatic amines is 1. The highest BCUT2D eigenvalue weighted by Gasteiger charge is 2.16. The molecule has 0 aliphatic heterocycles. The molecular formula is C13H22N4O2. The molecule has 0 unspecified atom stereocenters. The van der Waals surface area contributed by atoms with Crippen LogP contribution in [0.4, 0.5) is 0 Å². The van der Waals surface area contributed by atoms with E-state index in [4.69, 9.17) is 4.74 Å². The molecule has 6 heteroatoms. The molecule has 106 valence electrons. The minimum atomic E-state index is -0.252. The zero-order valence-electron chi connectivity index (χ0n) is 11.6. The number of hydrogen-bond donors (Lipinski definition) is 2. The van der Waals surface area contributed by atoms with Crippen molar-refractivity contribution in [3.05, 3.63) is 11.6 Å². The van der Waals surface area contributed by atoms with Crippen LogP contribution >= 0.6 is 0 Å². The summed E-state index contributed by atoms with van der Waals surface area (Å²) in [6, 6.07) is 0. The average Bonchev–Trinajstić information content (AvgIpc) is 3.05. The Kier molecular flexibility index (Phi) is 4.90. The van der Waals surface area contributed by atoms with Gasteiger partial charge in [-0.05, 0) is 12.8 Å². The normalized spacial score (nSPS) is 16.2. The third kappa shape index (κ3) is 4.02. The molecule has 1 fully saturated rings. The Morgan fingerprint density at radius 1 is 1.47 bits per heavy atom. The van der Waals surface area contributed by atoms with E-state index in [1.807, 2.05) is 13.8 Å². The molecule has 19 heavy (non-hydrogen) atoms. The van der Waals surface area contributed by atoms with Crippen LogP contribution in [0.2, 0.25) is 0 Å². The van der Waals surface area contributed by atoms with Crippen molar-refractivity contribution in [2.45, 2.75) is 51.6 Å². The minimum Gasteiger partial charge on any atom is -0.376 e. The van der Waals surface area contributed by atoms with Gasteiger partial charge >= 0.3 is 0 Å². The molecule has 1 saturated carbocycles. The Morgan fingerprint density at radius 2 is 2.21 bits per heavy atom. The van der Waals surface area contributed by atoms with Gasteiger partial charge in [0, 0.05) is 12.5 Å². The lowest BCUT2D eigenvalue weighted by molar-refractivity contribution is 0.0580. The summed E-state index contributed by atoms with van der Waals surface area (Å²) in [5, 5.41) is 9.44. The number of hydrogen-bond acceptors (Lipinski definition) is 4. The van der Waals surface area contributed by atoms with E-state index in [9.17, 15) is 4.79 Å². The molecule has 2 N–H and O–H groups in total. The first-order chi connectivity index (χ1) is 9.16. The maximum absolute atomic E-state index is 11.8. The smallest absolute Gasteiger partial charge is 0.291 e. The minimum absolute atomic E-state index is 0.199. The number of H-pyrrole nitrogens is 1. The van der Waals surface area contributed by atoms with Gasteiger partial charge in [0.15, 0.2) is 0 Å². The van der Waals surface area contributed by atoms with Crippen molar-refractivity contribution < 1.29 is 9.53 Å². The lowest BCUT2D eigenvalue weighted by Crippen LogP contribution is -2.29. The van der Waals surface area contributed by atoms with Crippen molar-refractivity contribution in [3.8, 4) is 0 Å². The van der Waals surface area contributed by atoms with Gasteiger partial charge in [0.25, 0.3) is 5.91 Å². The highest BCUT2D eigenvalue weighted by Crippen LogP contribution is 2.20. The summed E-state index contributed by atoms with van der Waals surface area (Å²) in [5.41, 5.74) is 0. The standard InChI is InChI=1S/C13H22N4O2/c1-9(2)11-15-12(17-16-11)13(18)14-7-8-19-10-5-3-4-6-10/h9-10H,3-8H2,1-2H3,(H,14,18)(H,15,16,17). The van der Waals surface area contributed by atoms with Crippen LogP contribution in [0.1, 0.15) is 61.9 Å². The molecule has 0 radical (unpaired) electrons. The van der Waals surface area contributed by atoms with E-state index in [1.165, 1.54) is 12.8 Å². The second-order valence-corrected chi connectivity index (χ2v) is 5.23. The monoisotopic (exact) mass is 266 g/mol. The maximum atomic E-state index is 11.8. The summed E-state index contributed by atoms with van der Waals surface area (Å²) < 4.78 is 5.67. The van der Waals surface area contributed by atoms with Gasteiger partial charge in [0.2, 0.25) is 5.82 Å². The quantitative estimate of drug-likeness (QED) is 0.767. The number of carbonyl (C=O) groups excluding carboxylic acids is 1. The van der Waals surface area contributed by atoms with Crippen molar-refractivity contribution in [1.82, 2.24) is 20.5 Å². The van der Waals surface area contributed by atoms with E-state index in [0.29, 0.717) is 19.3 Å². The lowest BCUT2D eigenvalue weighted by Gasteiger charge is -2.10. The second-order valence-electron chi connectivity index (χ2n) is 5.23. The zero-order chi connectivity index (χ0) is 13.7. The van der Waals surface area contributed by atoms with Gasteiger partial charge in [-0.1, -0.05) is 26.7 Å². The summed E-state index contributed by atoms with van der Waals surface area (Å²) in [5.74, 6) is 0.912. The summed E-state index contributed by atoms with van der Waals surface area (Å²) in [6.07, 6.45) is 5.19. The van der Waals surface area contributed by atoms with Gasteiger partial charge in [0.1, 0.15) is 5.82 Å². The van der Waals surface area contributed by atoms with Crippen LogP contribution in [0.5, 0.6) is 0 Å². The number of aromatic nitrogens is 3. The first-order valence-electron chi connectivity index (χ1n) is 6.99. The number of carbonyl (C=O) groups is 1. The van der Waals surface area contributed by atoms with Crippen molar-refractivity contribution >= 4 is 5.91 Å². The molecule has 0 spiro atoms. The number of amides is 1. The van der Waals surface area contributed by atoms with E-state index >= 15 is 0 Å². The molecule has 0 aromatic carbocycles.